The van der Waals surface area contributed by atoms with E-state index in [1.165, 1.54) is 4.88 Å². The Kier molecular flexibility index (Phi) is 6.27. The lowest BCUT2D eigenvalue weighted by Gasteiger charge is -2.34. The summed E-state index contributed by atoms with van der Waals surface area (Å²) in [4.78, 5) is 17.0. The van der Waals surface area contributed by atoms with Crippen LogP contribution in [-0.4, -0.2) is 47.8 Å². The van der Waals surface area contributed by atoms with Crippen molar-refractivity contribution in [3.05, 3.63) is 22.4 Å². The maximum Gasteiger partial charge on any atom is 0.237 e. The van der Waals surface area contributed by atoms with Crippen LogP contribution < -0.4 is 0 Å². The van der Waals surface area contributed by atoms with Gasteiger partial charge in [0.05, 0.1) is 0 Å². The Morgan fingerprint density at radius 3 is 2.59 bits per heavy atom. The lowest BCUT2D eigenvalue weighted by molar-refractivity contribution is -0.130. The van der Waals surface area contributed by atoms with E-state index in [2.05, 4.69) is 22.4 Å². The molecule has 2 heterocycles. The molecule has 2 rings (SSSR count). The van der Waals surface area contributed by atoms with Crippen molar-refractivity contribution in [2.45, 2.75) is 6.54 Å². The van der Waals surface area contributed by atoms with Gasteiger partial charge in [-0.1, -0.05) is 6.07 Å². The number of carbonyl (C=O) groups excluding carboxylic acids is 1. The van der Waals surface area contributed by atoms with E-state index in [0.29, 0.717) is 0 Å². The molecule has 96 valence electrons. The zero-order valence-electron chi connectivity index (χ0n) is 9.47. The Bertz CT molecular complexity index is 337. The lowest BCUT2D eigenvalue weighted by Crippen LogP contribution is -2.48. The molecular weight excluding hydrogens is 279 g/mol. The highest BCUT2D eigenvalue weighted by Crippen LogP contribution is 2.13. The summed E-state index contributed by atoms with van der Waals surface area (Å²) in [6.07, 6.45) is 0. The number of hydrogen-bond donors (Lipinski definition) is 0. The molecule has 0 spiro atoms. The zero-order valence-corrected chi connectivity index (χ0v) is 11.9. The minimum atomic E-state index is 0. The number of thiophene rings is 1. The summed E-state index contributed by atoms with van der Waals surface area (Å²) < 4.78 is 0. The van der Waals surface area contributed by atoms with Crippen molar-refractivity contribution in [1.29, 1.82) is 0 Å². The molecule has 0 atom stereocenters. The van der Waals surface area contributed by atoms with Gasteiger partial charge in [0.25, 0.3) is 0 Å². The molecule has 3 nitrogen and oxygen atoms in total. The molecule has 1 aromatic rings. The second kappa shape index (κ2) is 7.21. The van der Waals surface area contributed by atoms with Gasteiger partial charge in [0, 0.05) is 37.6 Å². The lowest BCUT2D eigenvalue weighted by atomic mass is 10.3. The van der Waals surface area contributed by atoms with Gasteiger partial charge in [-0.15, -0.1) is 35.3 Å². The maximum atomic E-state index is 11.4. The van der Waals surface area contributed by atoms with E-state index in [0.717, 1.165) is 32.7 Å². The van der Waals surface area contributed by atoms with Gasteiger partial charge in [-0.2, -0.15) is 0 Å². The van der Waals surface area contributed by atoms with Gasteiger partial charge >= 0.3 is 0 Å². The van der Waals surface area contributed by atoms with Gasteiger partial charge in [-0.25, -0.2) is 0 Å². The van der Waals surface area contributed by atoms with E-state index in [9.17, 15) is 4.79 Å². The molecule has 1 aliphatic heterocycles. The Morgan fingerprint density at radius 1 is 1.35 bits per heavy atom. The first kappa shape index (κ1) is 14.8. The van der Waals surface area contributed by atoms with Crippen LogP contribution in [0.5, 0.6) is 0 Å². The van der Waals surface area contributed by atoms with Gasteiger partial charge in [-0.3, -0.25) is 9.69 Å². The minimum Gasteiger partial charge on any atom is -0.339 e. The van der Waals surface area contributed by atoms with Crippen molar-refractivity contribution in [1.82, 2.24) is 9.80 Å². The molecule has 0 unspecified atom stereocenters. The normalized spacial score (nSPS) is 16.6. The van der Waals surface area contributed by atoms with Gasteiger partial charge in [0.2, 0.25) is 5.91 Å². The minimum absolute atomic E-state index is 0. The highest BCUT2D eigenvalue weighted by molar-refractivity contribution is 7.09. The number of hydrogen-bond acceptors (Lipinski definition) is 3. The fourth-order valence-corrected chi connectivity index (χ4v) is 2.78. The Morgan fingerprint density at radius 2 is 2.06 bits per heavy atom. The van der Waals surface area contributed by atoms with Crippen molar-refractivity contribution in [3.63, 3.8) is 0 Å². The van der Waals surface area contributed by atoms with Crippen LogP contribution in [0.3, 0.4) is 0 Å². The third-order valence-corrected chi connectivity index (χ3v) is 3.89. The van der Waals surface area contributed by atoms with Crippen molar-refractivity contribution in [2.24, 2.45) is 0 Å². The molecule has 1 fully saturated rings. The number of carbonyl (C=O) groups is 1. The summed E-state index contributed by atoms with van der Waals surface area (Å²) in [5, 5.41) is 2.10. The topological polar surface area (TPSA) is 23.6 Å². The second-order valence-corrected chi connectivity index (χ2v) is 5.17. The quantitative estimate of drug-likeness (QED) is 0.797. The number of halogens is 2. The number of alkyl halides is 1. The summed E-state index contributed by atoms with van der Waals surface area (Å²) in [5.41, 5.74) is 0. The zero-order chi connectivity index (χ0) is 11.4. The molecule has 1 aromatic heterocycles. The van der Waals surface area contributed by atoms with E-state index < -0.39 is 0 Å². The molecule has 6 heteroatoms. The van der Waals surface area contributed by atoms with E-state index in [1.807, 2.05) is 4.90 Å². The van der Waals surface area contributed by atoms with Crippen LogP contribution in [0.1, 0.15) is 4.88 Å². The van der Waals surface area contributed by atoms with Crippen LogP contribution >= 0.6 is 35.3 Å². The van der Waals surface area contributed by atoms with Crippen LogP contribution in [0.15, 0.2) is 17.5 Å². The summed E-state index contributed by atoms with van der Waals surface area (Å²) in [5.74, 6) is 0.155. The van der Waals surface area contributed by atoms with Crippen molar-refractivity contribution in [2.75, 3.05) is 32.1 Å². The predicted octanol–water partition coefficient (Wildman–Crippen LogP) is 2.05. The molecule has 0 N–H and O–H groups in total. The van der Waals surface area contributed by atoms with Crippen LogP contribution in [0.2, 0.25) is 0 Å². The summed E-state index contributed by atoms with van der Waals surface area (Å²) in [6.45, 7) is 4.50. The molecule has 0 saturated carbocycles. The molecule has 1 saturated heterocycles. The highest BCUT2D eigenvalue weighted by Gasteiger charge is 2.20. The molecule has 0 radical (unpaired) electrons. The van der Waals surface area contributed by atoms with Crippen LogP contribution in [0.25, 0.3) is 0 Å². The van der Waals surface area contributed by atoms with Crippen LogP contribution in [0.4, 0.5) is 0 Å². The van der Waals surface area contributed by atoms with E-state index in [1.54, 1.807) is 11.3 Å². The van der Waals surface area contributed by atoms with E-state index in [-0.39, 0.29) is 24.2 Å². The van der Waals surface area contributed by atoms with Crippen LogP contribution in [-0.2, 0) is 11.3 Å². The van der Waals surface area contributed by atoms with E-state index in [4.69, 9.17) is 11.6 Å². The average Bonchev–Trinajstić information content (AvgIpc) is 2.82. The van der Waals surface area contributed by atoms with Crippen molar-refractivity contribution < 1.29 is 4.79 Å². The first-order valence-electron chi connectivity index (χ1n) is 5.38. The molecule has 1 aliphatic rings. The number of rotatable bonds is 3. The van der Waals surface area contributed by atoms with Crippen molar-refractivity contribution in [3.8, 4) is 0 Å². The third kappa shape index (κ3) is 4.14. The second-order valence-electron chi connectivity index (χ2n) is 3.87. The predicted molar refractivity (Wildman–Crippen MR) is 74.1 cm³/mol. The summed E-state index contributed by atoms with van der Waals surface area (Å²) in [7, 11) is 0. The number of piperazine rings is 1. The molecule has 1 amide bonds. The standard InChI is InChI=1S/C11H15ClN2OS.ClH/c12-8-11(15)14-5-3-13(4-6-14)9-10-2-1-7-16-10;/h1-2,7H,3-6,8-9H2;1H. The highest BCUT2D eigenvalue weighted by atomic mass is 35.5. The Hall–Kier alpha value is -0.290. The van der Waals surface area contributed by atoms with Gasteiger partial charge in [-0.05, 0) is 11.4 Å². The molecule has 0 aromatic carbocycles. The Balaban J connectivity index is 0.00000144. The van der Waals surface area contributed by atoms with Crippen molar-refractivity contribution >= 4 is 41.3 Å². The third-order valence-electron chi connectivity index (χ3n) is 2.80. The molecule has 0 bridgehead atoms. The maximum absolute atomic E-state index is 11.4. The fourth-order valence-electron chi connectivity index (χ4n) is 1.86. The number of nitrogens with zero attached hydrogens (tertiary/aromatic N) is 2. The summed E-state index contributed by atoms with van der Waals surface area (Å²) >= 11 is 7.32. The average molecular weight is 295 g/mol. The van der Waals surface area contributed by atoms with Crippen LogP contribution in [0, 0.1) is 0 Å². The van der Waals surface area contributed by atoms with Gasteiger partial charge < -0.3 is 4.90 Å². The number of amides is 1. The molecular formula is C11H16Cl2N2OS. The first-order valence-corrected chi connectivity index (χ1v) is 6.79. The molecule has 17 heavy (non-hydrogen) atoms. The Labute approximate surface area is 117 Å². The molecule has 0 aliphatic carbocycles. The monoisotopic (exact) mass is 294 g/mol. The van der Waals surface area contributed by atoms with Gasteiger partial charge in [0.1, 0.15) is 5.88 Å². The van der Waals surface area contributed by atoms with E-state index >= 15 is 0 Å². The largest absolute Gasteiger partial charge is 0.339 e. The van der Waals surface area contributed by atoms with Gasteiger partial charge in [0.15, 0.2) is 0 Å². The smallest absolute Gasteiger partial charge is 0.237 e. The summed E-state index contributed by atoms with van der Waals surface area (Å²) in [6, 6.07) is 4.23. The first-order chi connectivity index (χ1) is 7.79. The fraction of sp³-hybridized carbons (Fsp3) is 0.545. The SMILES string of the molecule is Cl.O=C(CCl)N1CCN(Cc2cccs2)CC1.